The van der Waals surface area contributed by atoms with Crippen LogP contribution in [0.4, 0.5) is 0 Å². The van der Waals surface area contributed by atoms with Gasteiger partial charge in [-0.2, -0.15) is 0 Å². The Morgan fingerprint density at radius 3 is 2.27 bits per heavy atom. The molecule has 0 bridgehead atoms. The van der Waals surface area contributed by atoms with E-state index in [1.807, 2.05) is 66.7 Å². The quantitative estimate of drug-likeness (QED) is 0.726. The molecule has 0 unspecified atom stereocenters. The van der Waals surface area contributed by atoms with Crippen molar-refractivity contribution in [1.82, 2.24) is 0 Å². The van der Waals surface area contributed by atoms with Crippen LogP contribution >= 0.6 is 0 Å². The highest BCUT2D eigenvalue weighted by Gasteiger charge is 2.02. The molecule has 0 aliphatic heterocycles. The van der Waals surface area contributed by atoms with E-state index in [1.54, 1.807) is 0 Å². The van der Waals surface area contributed by atoms with Gasteiger partial charge in [0.2, 0.25) is 0 Å². The third kappa shape index (κ3) is 3.34. The molecule has 1 N–H and O–H groups in total. The molecule has 0 aliphatic rings. The van der Waals surface area contributed by atoms with Gasteiger partial charge in [-0.15, -0.1) is 0 Å². The maximum atomic E-state index is 10.8. The number of rotatable bonds is 2. The first kappa shape index (κ1) is 13.9. The Balaban J connectivity index is 1.91. The molecule has 0 fully saturated rings. The molecular formula is C20H14O2. The van der Waals surface area contributed by atoms with E-state index in [0.29, 0.717) is 0 Å². The van der Waals surface area contributed by atoms with E-state index in [-0.39, 0.29) is 6.42 Å². The van der Waals surface area contributed by atoms with Crippen molar-refractivity contribution in [2.45, 2.75) is 6.42 Å². The molecule has 0 saturated heterocycles. The maximum Gasteiger partial charge on any atom is 0.307 e. The molecule has 106 valence electrons. The highest BCUT2D eigenvalue weighted by molar-refractivity contribution is 5.85. The number of hydrogen-bond acceptors (Lipinski definition) is 1. The monoisotopic (exact) mass is 286 g/mol. The summed E-state index contributed by atoms with van der Waals surface area (Å²) < 4.78 is 0. The van der Waals surface area contributed by atoms with Gasteiger partial charge in [-0.05, 0) is 40.6 Å². The van der Waals surface area contributed by atoms with Gasteiger partial charge in [-0.3, -0.25) is 4.79 Å². The van der Waals surface area contributed by atoms with Crippen LogP contribution < -0.4 is 0 Å². The fourth-order valence-corrected chi connectivity index (χ4v) is 2.32. The third-order valence-electron chi connectivity index (χ3n) is 3.38. The Bertz CT molecular complexity index is 884. The van der Waals surface area contributed by atoms with Gasteiger partial charge in [-0.1, -0.05) is 54.3 Å². The van der Waals surface area contributed by atoms with Gasteiger partial charge in [0, 0.05) is 11.1 Å². The molecule has 0 amide bonds. The summed E-state index contributed by atoms with van der Waals surface area (Å²) in [4.78, 5) is 10.8. The zero-order chi connectivity index (χ0) is 15.4. The molecule has 0 saturated carbocycles. The molecule has 0 radical (unpaired) electrons. The number of carbonyl (C=O) groups is 1. The molecule has 0 heterocycles. The minimum absolute atomic E-state index is 0.0471. The summed E-state index contributed by atoms with van der Waals surface area (Å²) in [5.74, 6) is 5.48. The van der Waals surface area contributed by atoms with Crippen molar-refractivity contribution in [3.63, 3.8) is 0 Å². The van der Waals surface area contributed by atoms with Gasteiger partial charge in [0.05, 0.1) is 6.42 Å². The predicted molar refractivity (Wildman–Crippen MR) is 87.7 cm³/mol. The Morgan fingerprint density at radius 2 is 1.50 bits per heavy atom. The number of carboxylic acid groups (broad SMARTS) is 1. The fraction of sp³-hybridized carbons (Fsp3) is 0.0500. The largest absolute Gasteiger partial charge is 0.481 e. The van der Waals surface area contributed by atoms with Gasteiger partial charge in [-0.25, -0.2) is 0 Å². The summed E-state index contributed by atoms with van der Waals surface area (Å²) in [6.07, 6.45) is 0.0471. The number of aliphatic carboxylic acids is 1. The van der Waals surface area contributed by atoms with Gasteiger partial charge >= 0.3 is 5.97 Å². The topological polar surface area (TPSA) is 37.3 Å². The molecule has 3 aromatic rings. The summed E-state index contributed by atoms with van der Waals surface area (Å²) in [5, 5.41) is 10.9. The highest BCUT2D eigenvalue weighted by Crippen LogP contribution is 2.18. The lowest BCUT2D eigenvalue weighted by Crippen LogP contribution is -1.99. The summed E-state index contributed by atoms with van der Waals surface area (Å²) in [5.41, 5.74) is 2.74. The molecule has 0 aliphatic carbocycles. The fourth-order valence-electron chi connectivity index (χ4n) is 2.32. The van der Waals surface area contributed by atoms with Crippen LogP contribution in [-0.2, 0) is 11.2 Å². The van der Waals surface area contributed by atoms with Gasteiger partial charge in [0.1, 0.15) is 0 Å². The van der Waals surface area contributed by atoms with Crippen LogP contribution in [0, 0.1) is 11.8 Å². The molecule has 3 rings (SSSR count). The Kier molecular flexibility index (Phi) is 3.89. The SMILES string of the molecule is O=C(O)Cc1ccc2cc(C#Cc3ccccc3)ccc2c1. The normalized spacial score (nSPS) is 10.0. The lowest BCUT2D eigenvalue weighted by molar-refractivity contribution is -0.136. The number of carboxylic acids is 1. The van der Waals surface area contributed by atoms with E-state index in [1.165, 1.54) is 0 Å². The first-order valence-corrected chi connectivity index (χ1v) is 7.02. The molecule has 0 spiro atoms. The lowest BCUT2D eigenvalue weighted by Gasteiger charge is -2.02. The lowest BCUT2D eigenvalue weighted by atomic mass is 10.0. The van der Waals surface area contributed by atoms with E-state index >= 15 is 0 Å². The van der Waals surface area contributed by atoms with Crippen LogP contribution in [0.2, 0.25) is 0 Å². The van der Waals surface area contributed by atoms with Gasteiger partial charge in [0.25, 0.3) is 0 Å². The standard InChI is InChI=1S/C20H14O2/c21-20(22)14-17-9-11-18-12-16(8-10-19(18)13-17)7-6-15-4-2-1-3-5-15/h1-5,8-13H,14H2,(H,21,22). The molecule has 0 aromatic heterocycles. The third-order valence-corrected chi connectivity index (χ3v) is 3.38. The van der Waals surface area contributed by atoms with Crippen molar-refractivity contribution in [1.29, 1.82) is 0 Å². The maximum absolute atomic E-state index is 10.8. The average molecular weight is 286 g/mol. The second-order valence-electron chi connectivity index (χ2n) is 5.08. The van der Waals surface area contributed by atoms with Crippen molar-refractivity contribution in [3.05, 3.63) is 83.4 Å². The van der Waals surface area contributed by atoms with Crippen molar-refractivity contribution in [3.8, 4) is 11.8 Å². The molecule has 3 aromatic carbocycles. The summed E-state index contributed by atoms with van der Waals surface area (Å²) in [6, 6.07) is 21.5. The number of hydrogen-bond donors (Lipinski definition) is 1. The molecule has 2 heteroatoms. The average Bonchev–Trinajstić information content (AvgIpc) is 2.53. The van der Waals surface area contributed by atoms with Crippen LogP contribution in [0.15, 0.2) is 66.7 Å². The zero-order valence-corrected chi connectivity index (χ0v) is 11.9. The van der Waals surface area contributed by atoms with Crippen LogP contribution in [-0.4, -0.2) is 11.1 Å². The van der Waals surface area contributed by atoms with Crippen molar-refractivity contribution < 1.29 is 9.90 Å². The smallest absolute Gasteiger partial charge is 0.307 e. The predicted octanol–water partition coefficient (Wildman–Crippen LogP) is 3.87. The van der Waals surface area contributed by atoms with Crippen LogP contribution in [0.1, 0.15) is 16.7 Å². The second-order valence-corrected chi connectivity index (χ2v) is 5.08. The summed E-state index contributed by atoms with van der Waals surface area (Å²) in [7, 11) is 0. The summed E-state index contributed by atoms with van der Waals surface area (Å²) >= 11 is 0. The Hall–Kier alpha value is -3.05. The van der Waals surface area contributed by atoms with Crippen molar-refractivity contribution >= 4 is 16.7 Å². The number of benzene rings is 3. The number of fused-ring (bicyclic) bond motifs is 1. The van der Waals surface area contributed by atoms with Crippen molar-refractivity contribution in [2.24, 2.45) is 0 Å². The molecule has 0 atom stereocenters. The first-order chi connectivity index (χ1) is 10.7. The molecular weight excluding hydrogens is 272 g/mol. The van der Waals surface area contributed by atoms with Gasteiger partial charge in [0.15, 0.2) is 0 Å². The Morgan fingerprint density at radius 1 is 0.818 bits per heavy atom. The minimum atomic E-state index is -0.815. The van der Waals surface area contributed by atoms with Crippen molar-refractivity contribution in [2.75, 3.05) is 0 Å². The summed E-state index contributed by atoms with van der Waals surface area (Å²) in [6.45, 7) is 0. The van der Waals surface area contributed by atoms with E-state index in [9.17, 15) is 4.79 Å². The first-order valence-electron chi connectivity index (χ1n) is 7.02. The van der Waals surface area contributed by atoms with Gasteiger partial charge < -0.3 is 5.11 Å². The minimum Gasteiger partial charge on any atom is -0.481 e. The Labute approximate surface area is 129 Å². The zero-order valence-electron chi connectivity index (χ0n) is 11.9. The molecule has 22 heavy (non-hydrogen) atoms. The van der Waals surface area contributed by atoms with E-state index in [2.05, 4.69) is 11.8 Å². The van der Waals surface area contributed by atoms with Crippen LogP contribution in [0.5, 0.6) is 0 Å². The molecule has 2 nitrogen and oxygen atoms in total. The second kappa shape index (κ2) is 6.15. The van der Waals surface area contributed by atoms with E-state index < -0.39 is 5.97 Å². The highest BCUT2D eigenvalue weighted by atomic mass is 16.4. The van der Waals surface area contributed by atoms with Crippen LogP contribution in [0.3, 0.4) is 0 Å². The van der Waals surface area contributed by atoms with Crippen LogP contribution in [0.25, 0.3) is 10.8 Å². The van der Waals surface area contributed by atoms with E-state index in [4.69, 9.17) is 5.11 Å². The van der Waals surface area contributed by atoms with E-state index in [0.717, 1.165) is 27.5 Å².